The van der Waals surface area contributed by atoms with Crippen LogP contribution in [-0.4, -0.2) is 45.9 Å². The minimum atomic E-state index is -0.446. The lowest BCUT2D eigenvalue weighted by Gasteiger charge is -2.25. The van der Waals surface area contributed by atoms with Gasteiger partial charge in [0.25, 0.3) is 0 Å². The molecule has 0 aliphatic carbocycles. The van der Waals surface area contributed by atoms with E-state index in [-0.39, 0.29) is 11.3 Å². The molecule has 0 fully saturated rings. The third-order valence-corrected chi connectivity index (χ3v) is 2.92. The van der Waals surface area contributed by atoms with E-state index >= 15 is 0 Å². The first-order chi connectivity index (χ1) is 8.43. The van der Waals surface area contributed by atoms with Gasteiger partial charge in [-0.3, -0.25) is 4.79 Å². The summed E-state index contributed by atoms with van der Waals surface area (Å²) in [4.78, 5) is 11.7. The molecule has 0 aromatic rings. The van der Waals surface area contributed by atoms with E-state index in [9.17, 15) is 4.79 Å². The normalized spacial score (nSPS) is 13.4. The predicted molar refractivity (Wildman–Crippen MR) is 72.4 cm³/mol. The first kappa shape index (κ1) is 17.4. The highest BCUT2D eigenvalue weighted by Crippen LogP contribution is 2.18. The van der Waals surface area contributed by atoms with Gasteiger partial charge in [-0.25, -0.2) is 0 Å². The number of hydrogen-bond acceptors (Lipinski definition) is 4. The van der Waals surface area contributed by atoms with Gasteiger partial charge < -0.3 is 20.5 Å². The number of amides is 1. The molecule has 0 saturated heterocycles. The first-order valence-corrected chi connectivity index (χ1v) is 6.44. The van der Waals surface area contributed by atoms with Crippen LogP contribution in [0, 0.1) is 5.41 Å². The van der Waals surface area contributed by atoms with Gasteiger partial charge in [-0.1, -0.05) is 13.8 Å². The predicted octanol–water partition coefficient (Wildman–Crippen LogP) is 0.919. The maximum Gasteiger partial charge on any atom is 0.236 e. The van der Waals surface area contributed by atoms with Gasteiger partial charge in [0.05, 0.1) is 6.04 Å². The van der Waals surface area contributed by atoms with E-state index in [1.807, 2.05) is 0 Å². The summed E-state index contributed by atoms with van der Waals surface area (Å²) in [7, 11) is 3.32. The first-order valence-electron chi connectivity index (χ1n) is 6.44. The van der Waals surface area contributed by atoms with Crippen LogP contribution in [0.3, 0.4) is 0 Å². The van der Waals surface area contributed by atoms with Crippen molar-refractivity contribution in [2.45, 2.75) is 39.2 Å². The van der Waals surface area contributed by atoms with Crippen LogP contribution in [-0.2, 0) is 14.3 Å². The van der Waals surface area contributed by atoms with Crippen LogP contribution in [0.4, 0.5) is 0 Å². The smallest absolute Gasteiger partial charge is 0.236 e. The second-order valence-corrected chi connectivity index (χ2v) is 5.37. The van der Waals surface area contributed by atoms with Gasteiger partial charge in [-0.05, 0) is 24.7 Å². The molecule has 0 radical (unpaired) electrons. The standard InChI is InChI=1S/C13H28N2O3/c1-13(2,7-9-18-4)10-15-12(16)11(14)6-5-8-17-3/h11H,5-10,14H2,1-4H3,(H,15,16). The quantitative estimate of drug-likeness (QED) is 0.573. The zero-order valence-corrected chi connectivity index (χ0v) is 12.1. The molecule has 0 aromatic carbocycles. The summed E-state index contributed by atoms with van der Waals surface area (Å²) in [6.07, 6.45) is 2.36. The molecule has 5 heteroatoms. The van der Waals surface area contributed by atoms with E-state index in [0.717, 1.165) is 12.8 Å². The van der Waals surface area contributed by atoms with Crippen LogP contribution in [0.1, 0.15) is 33.1 Å². The number of carbonyl (C=O) groups is 1. The van der Waals surface area contributed by atoms with Crippen LogP contribution in [0.5, 0.6) is 0 Å². The van der Waals surface area contributed by atoms with Crippen molar-refractivity contribution in [3.05, 3.63) is 0 Å². The third-order valence-electron chi connectivity index (χ3n) is 2.92. The average molecular weight is 260 g/mol. The van der Waals surface area contributed by atoms with Crippen LogP contribution >= 0.6 is 0 Å². The Labute approximate surface area is 110 Å². The molecule has 1 atom stereocenters. The second kappa shape index (κ2) is 9.30. The number of nitrogens with two attached hydrogens (primary N) is 1. The van der Waals surface area contributed by atoms with E-state index in [4.69, 9.17) is 15.2 Å². The van der Waals surface area contributed by atoms with Gasteiger partial charge in [-0.2, -0.15) is 0 Å². The van der Waals surface area contributed by atoms with Crippen molar-refractivity contribution >= 4 is 5.91 Å². The molecule has 5 nitrogen and oxygen atoms in total. The lowest BCUT2D eigenvalue weighted by Crippen LogP contribution is -2.44. The number of ether oxygens (including phenoxy) is 2. The van der Waals surface area contributed by atoms with E-state index in [1.165, 1.54) is 0 Å². The zero-order chi connectivity index (χ0) is 14.0. The minimum Gasteiger partial charge on any atom is -0.385 e. The lowest BCUT2D eigenvalue weighted by molar-refractivity contribution is -0.123. The fourth-order valence-electron chi connectivity index (χ4n) is 1.50. The Morgan fingerprint density at radius 3 is 2.44 bits per heavy atom. The molecule has 0 rings (SSSR count). The van der Waals surface area contributed by atoms with Gasteiger partial charge in [0.2, 0.25) is 5.91 Å². The fourth-order valence-corrected chi connectivity index (χ4v) is 1.50. The van der Waals surface area contributed by atoms with E-state index in [2.05, 4.69) is 19.2 Å². The second-order valence-electron chi connectivity index (χ2n) is 5.37. The maximum atomic E-state index is 11.7. The van der Waals surface area contributed by atoms with Crippen molar-refractivity contribution in [2.75, 3.05) is 34.0 Å². The number of carbonyl (C=O) groups excluding carboxylic acids is 1. The molecule has 0 aromatic heterocycles. The topological polar surface area (TPSA) is 73.6 Å². The van der Waals surface area contributed by atoms with Crippen LogP contribution in [0.2, 0.25) is 0 Å². The van der Waals surface area contributed by atoms with E-state index in [0.29, 0.717) is 26.2 Å². The van der Waals surface area contributed by atoms with Gasteiger partial charge in [0.15, 0.2) is 0 Å². The summed E-state index contributed by atoms with van der Waals surface area (Å²) in [5.41, 5.74) is 5.82. The molecule has 0 aliphatic rings. The van der Waals surface area contributed by atoms with Crippen molar-refractivity contribution in [1.29, 1.82) is 0 Å². The average Bonchev–Trinajstić information content (AvgIpc) is 2.34. The lowest BCUT2D eigenvalue weighted by atomic mass is 9.89. The van der Waals surface area contributed by atoms with Gasteiger partial charge in [-0.15, -0.1) is 0 Å². The molecule has 0 spiro atoms. The molecule has 108 valence electrons. The Kier molecular flexibility index (Phi) is 8.97. The largest absolute Gasteiger partial charge is 0.385 e. The summed E-state index contributed by atoms with van der Waals surface area (Å²) >= 11 is 0. The maximum absolute atomic E-state index is 11.7. The Bertz CT molecular complexity index is 232. The van der Waals surface area contributed by atoms with Crippen molar-refractivity contribution in [3.63, 3.8) is 0 Å². The number of nitrogens with one attached hydrogen (secondary N) is 1. The van der Waals surface area contributed by atoms with Crippen LogP contribution in [0.25, 0.3) is 0 Å². The summed E-state index contributed by atoms with van der Waals surface area (Å²) in [5.74, 6) is -0.0865. The van der Waals surface area contributed by atoms with E-state index in [1.54, 1.807) is 14.2 Å². The van der Waals surface area contributed by atoms with E-state index < -0.39 is 6.04 Å². The monoisotopic (exact) mass is 260 g/mol. The van der Waals surface area contributed by atoms with Crippen LogP contribution < -0.4 is 11.1 Å². The summed E-state index contributed by atoms with van der Waals surface area (Å²) in [6.45, 7) is 6.15. The molecule has 1 unspecified atom stereocenters. The Morgan fingerprint density at radius 2 is 1.89 bits per heavy atom. The highest BCUT2D eigenvalue weighted by molar-refractivity contribution is 5.81. The summed E-state index contributed by atoms with van der Waals surface area (Å²) in [5, 5.41) is 2.90. The third kappa shape index (κ3) is 8.44. The van der Waals surface area contributed by atoms with Crippen molar-refractivity contribution in [2.24, 2.45) is 11.1 Å². The van der Waals surface area contributed by atoms with Crippen molar-refractivity contribution < 1.29 is 14.3 Å². The highest BCUT2D eigenvalue weighted by atomic mass is 16.5. The highest BCUT2D eigenvalue weighted by Gasteiger charge is 2.20. The minimum absolute atomic E-state index is 0.0257. The fraction of sp³-hybridized carbons (Fsp3) is 0.923. The molecule has 18 heavy (non-hydrogen) atoms. The molecule has 0 bridgehead atoms. The number of rotatable bonds is 10. The number of methoxy groups -OCH3 is 2. The SMILES string of the molecule is COCCCC(N)C(=O)NCC(C)(C)CCOC. The summed E-state index contributed by atoms with van der Waals surface area (Å²) in [6, 6.07) is -0.446. The van der Waals surface area contributed by atoms with Crippen molar-refractivity contribution in [3.8, 4) is 0 Å². The Morgan fingerprint density at radius 1 is 1.28 bits per heavy atom. The van der Waals surface area contributed by atoms with Crippen LogP contribution in [0.15, 0.2) is 0 Å². The molecular formula is C13H28N2O3. The van der Waals surface area contributed by atoms with Gasteiger partial charge in [0.1, 0.15) is 0 Å². The Balaban J connectivity index is 3.86. The summed E-state index contributed by atoms with van der Waals surface area (Å²) < 4.78 is 9.98. The van der Waals surface area contributed by atoms with Gasteiger partial charge >= 0.3 is 0 Å². The molecule has 0 aliphatic heterocycles. The zero-order valence-electron chi connectivity index (χ0n) is 12.1. The molecular weight excluding hydrogens is 232 g/mol. The molecule has 0 saturated carbocycles. The molecule has 1 amide bonds. The van der Waals surface area contributed by atoms with Crippen molar-refractivity contribution in [1.82, 2.24) is 5.32 Å². The Hall–Kier alpha value is -0.650. The molecule has 0 heterocycles. The number of hydrogen-bond donors (Lipinski definition) is 2. The molecule has 3 N–H and O–H groups in total. The van der Waals surface area contributed by atoms with Gasteiger partial charge in [0, 0.05) is 34.0 Å².